The molecule has 4 aliphatic heterocycles. The van der Waals surface area contributed by atoms with E-state index in [4.69, 9.17) is 16.3 Å². The van der Waals surface area contributed by atoms with Crippen molar-refractivity contribution in [3.8, 4) is 11.4 Å². The Morgan fingerprint density at radius 2 is 1.87 bits per heavy atom. The molecule has 5 heterocycles. The Morgan fingerprint density at radius 3 is 2.64 bits per heavy atom. The van der Waals surface area contributed by atoms with E-state index in [9.17, 15) is 14.4 Å². The first-order chi connectivity index (χ1) is 18.9. The molecule has 1 unspecified atom stereocenters. The van der Waals surface area contributed by atoms with Crippen molar-refractivity contribution in [2.24, 2.45) is 0 Å². The highest BCUT2D eigenvalue weighted by molar-refractivity contribution is 6.30. The van der Waals surface area contributed by atoms with Crippen LogP contribution in [0.25, 0.3) is 5.69 Å². The van der Waals surface area contributed by atoms with Gasteiger partial charge >= 0.3 is 0 Å². The van der Waals surface area contributed by atoms with Crippen LogP contribution in [-0.2, 0) is 28.1 Å². The number of likely N-dealkylation sites (tertiary alicyclic amines) is 1. The van der Waals surface area contributed by atoms with Crippen LogP contribution in [0.4, 0.5) is 0 Å². The zero-order valence-corrected chi connectivity index (χ0v) is 22.1. The lowest BCUT2D eigenvalue weighted by molar-refractivity contribution is -0.136. The summed E-state index contributed by atoms with van der Waals surface area (Å²) in [5, 5.41) is 7.59. The second-order valence-electron chi connectivity index (χ2n) is 11.0. The Hall–Kier alpha value is -3.69. The summed E-state index contributed by atoms with van der Waals surface area (Å²) in [6.45, 7) is 3.65. The number of nitrogens with one attached hydrogen (secondary N) is 1. The van der Waals surface area contributed by atoms with E-state index in [0.29, 0.717) is 30.2 Å². The number of carbonyl (C=O) groups excluding carboxylic acids is 3. The Bertz CT molecular complexity index is 1490. The largest absolute Gasteiger partial charge is 0.492 e. The number of ether oxygens (including phenoxy) is 1. The number of rotatable bonds is 4. The number of halogens is 1. The molecule has 39 heavy (non-hydrogen) atoms. The van der Waals surface area contributed by atoms with Crippen LogP contribution >= 0.6 is 11.6 Å². The van der Waals surface area contributed by atoms with Gasteiger partial charge in [0.1, 0.15) is 11.8 Å². The van der Waals surface area contributed by atoms with Gasteiger partial charge in [-0.05, 0) is 62.7 Å². The molecule has 10 heteroatoms. The van der Waals surface area contributed by atoms with Crippen molar-refractivity contribution in [2.45, 2.75) is 50.2 Å². The Balaban J connectivity index is 1.04. The summed E-state index contributed by atoms with van der Waals surface area (Å²) in [6.07, 6.45) is 6.51. The highest BCUT2D eigenvalue weighted by atomic mass is 35.5. The fraction of sp³-hybridized carbons (Fsp3) is 0.379. The van der Waals surface area contributed by atoms with E-state index in [1.165, 1.54) is 5.56 Å². The minimum absolute atomic E-state index is 0.0700. The highest BCUT2D eigenvalue weighted by Gasteiger charge is 2.47. The van der Waals surface area contributed by atoms with E-state index in [0.717, 1.165) is 55.0 Å². The van der Waals surface area contributed by atoms with Crippen LogP contribution in [0.1, 0.15) is 52.7 Å². The second kappa shape index (κ2) is 9.20. The first kappa shape index (κ1) is 24.4. The molecule has 2 saturated heterocycles. The number of carbonyl (C=O) groups is 3. The van der Waals surface area contributed by atoms with Gasteiger partial charge in [0.25, 0.3) is 5.91 Å². The number of aromatic nitrogens is 2. The van der Waals surface area contributed by atoms with Crippen molar-refractivity contribution in [3.05, 3.63) is 76.1 Å². The molecule has 1 spiro atoms. The van der Waals surface area contributed by atoms with Crippen molar-refractivity contribution in [1.82, 2.24) is 24.9 Å². The third kappa shape index (κ3) is 4.11. The monoisotopic (exact) mass is 545 g/mol. The molecule has 0 saturated carbocycles. The van der Waals surface area contributed by atoms with Crippen LogP contribution in [0, 0.1) is 0 Å². The SMILES string of the molecule is O=C1CCC(N2Cc3c(ccc4c3OCC43CCN(Cc4cnn(-c5ccc(Cl)cc5)c4)CC3)C2=O)C(=O)N1. The van der Waals surface area contributed by atoms with Crippen LogP contribution in [0.3, 0.4) is 0 Å². The maximum absolute atomic E-state index is 13.2. The molecule has 9 nitrogen and oxygen atoms in total. The van der Waals surface area contributed by atoms with Crippen molar-refractivity contribution in [3.63, 3.8) is 0 Å². The van der Waals surface area contributed by atoms with Crippen molar-refractivity contribution >= 4 is 29.3 Å². The lowest BCUT2D eigenvalue weighted by Crippen LogP contribution is -2.52. The van der Waals surface area contributed by atoms with Gasteiger partial charge in [-0.15, -0.1) is 0 Å². The van der Waals surface area contributed by atoms with E-state index in [1.807, 2.05) is 41.2 Å². The summed E-state index contributed by atoms with van der Waals surface area (Å²) in [7, 11) is 0. The fourth-order valence-electron chi connectivity index (χ4n) is 6.47. The second-order valence-corrected chi connectivity index (χ2v) is 11.4. The summed E-state index contributed by atoms with van der Waals surface area (Å²) in [4.78, 5) is 41.3. The van der Waals surface area contributed by atoms with E-state index >= 15 is 0 Å². The fourth-order valence-corrected chi connectivity index (χ4v) is 6.60. The molecule has 0 radical (unpaired) electrons. The summed E-state index contributed by atoms with van der Waals surface area (Å²) < 4.78 is 8.18. The minimum Gasteiger partial charge on any atom is -0.492 e. The van der Waals surface area contributed by atoms with Gasteiger partial charge < -0.3 is 9.64 Å². The summed E-state index contributed by atoms with van der Waals surface area (Å²) >= 11 is 6.01. The number of piperidine rings is 2. The van der Waals surface area contributed by atoms with E-state index in [-0.39, 0.29) is 23.7 Å². The van der Waals surface area contributed by atoms with Gasteiger partial charge in [0.05, 0.1) is 25.0 Å². The summed E-state index contributed by atoms with van der Waals surface area (Å²) in [6, 6.07) is 11.0. The van der Waals surface area contributed by atoms with E-state index in [1.54, 1.807) is 4.90 Å². The minimum atomic E-state index is -0.624. The molecule has 1 aromatic heterocycles. The smallest absolute Gasteiger partial charge is 0.255 e. The highest BCUT2D eigenvalue weighted by Crippen LogP contribution is 2.49. The van der Waals surface area contributed by atoms with Gasteiger partial charge in [0.2, 0.25) is 11.8 Å². The lowest BCUT2D eigenvalue weighted by Gasteiger charge is -2.38. The molecule has 7 rings (SSSR count). The molecule has 0 bridgehead atoms. The number of amides is 3. The van der Waals surface area contributed by atoms with Crippen molar-refractivity contribution in [2.75, 3.05) is 19.7 Å². The lowest BCUT2D eigenvalue weighted by atomic mass is 9.74. The van der Waals surface area contributed by atoms with Crippen LogP contribution in [0.2, 0.25) is 5.02 Å². The number of fused-ring (bicyclic) bond motifs is 4. The first-order valence-corrected chi connectivity index (χ1v) is 13.7. The Kier molecular flexibility index (Phi) is 5.75. The molecule has 3 amide bonds. The quantitative estimate of drug-likeness (QED) is 0.506. The predicted molar refractivity (Wildman–Crippen MR) is 143 cm³/mol. The summed E-state index contributed by atoms with van der Waals surface area (Å²) in [5.41, 5.74) is 4.72. The number of nitrogens with zero attached hydrogens (tertiary/aromatic N) is 4. The number of benzene rings is 2. The van der Waals surface area contributed by atoms with E-state index < -0.39 is 11.9 Å². The average molecular weight is 546 g/mol. The van der Waals surface area contributed by atoms with Gasteiger partial charge in [0, 0.05) is 51.9 Å². The van der Waals surface area contributed by atoms with Gasteiger partial charge in [-0.25, -0.2) is 4.68 Å². The Labute approximate surface area is 230 Å². The van der Waals surface area contributed by atoms with Crippen LogP contribution in [0.15, 0.2) is 48.8 Å². The molecule has 1 N–H and O–H groups in total. The molecule has 0 aliphatic carbocycles. The van der Waals surface area contributed by atoms with Gasteiger partial charge in [-0.1, -0.05) is 17.7 Å². The van der Waals surface area contributed by atoms with Crippen LogP contribution in [0.5, 0.6) is 5.75 Å². The molecule has 1 atom stereocenters. The topological polar surface area (TPSA) is 96.8 Å². The first-order valence-electron chi connectivity index (χ1n) is 13.4. The molecule has 2 aromatic carbocycles. The third-order valence-electron chi connectivity index (χ3n) is 8.68. The zero-order valence-electron chi connectivity index (χ0n) is 21.4. The maximum Gasteiger partial charge on any atom is 0.255 e. The average Bonchev–Trinajstić information content (AvgIpc) is 3.63. The van der Waals surface area contributed by atoms with Crippen molar-refractivity contribution in [1.29, 1.82) is 0 Å². The normalized spacial score (nSPS) is 22.1. The van der Waals surface area contributed by atoms with Gasteiger partial charge in [-0.3, -0.25) is 24.6 Å². The Morgan fingerprint density at radius 1 is 1.08 bits per heavy atom. The third-order valence-corrected chi connectivity index (χ3v) is 8.93. The van der Waals surface area contributed by atoms with Crippen LogP contribution < -0.4 is 10.1 Å². The molecule has 4 aliphatic rings. The molecule has 3 aromatic rings. The zero-order chi connectivity index (χ0) is 26.7. The molecule has 2 fully saturated rings. The van der Waals surface area contributed by atoms with E-state index in [2.05, 4.69) is 27.6 Å². The van der Waals surface area contributed by atoms with Gasteiger partial charge in [0.15, 0.2) is 0 Å². The maximum atomic E-state index is 13.2. The summed E-state index contributed by atoms with van der Waals surface area (Å²) in [5.74, 6) is -0.0324. The molecule has 200 valence electrons. The number of hydrogen-bond donors (Lipinski definition) is 1. The van der Waals surface area contributed by atoms with Gasteiger partial charge in [-0.2, -0.15) is 5.10 Å². The number of imide groups is 1. The molecular formula is C29H28ClN5O4. The predicted octanol–water partition coefficient (Wildman–Crippen LogP) is 3.21. The number of hydrogen-bond acceptors (Lipinski definition) is 6. The molecular weight excluding hydrogens is 518 g/mol. The standard InChI is InChI=1S/C29H28ClN5O4/c30-19-1-3-20(4-2-19)35-15-18(13-31-35)14-33-11-9-29(10-12-33)17-39-26-22-16-34(24-7-8-25(36)32-27(24)37)28(38)21(22)5-6-23(26)29/h1-6,13,15,24H,7-12,14,16-17H2,(H,32,36,37). The van der Waals surface area contributed by atoms with Crippen LogP contribution in [-0.4, -0.2) is 63.0 Å². The van der Waals surface area contributed by atoms with Crippen molar-refractivity contribution < 1.29 is 19.1 Å².